The molecule has 0 radical (unpaired) electrons. The Bertz CT molecular complexity index is 536. The van der Waals surface area contributed by atoms with E-state index in [0.717, 1.165) is 38.6 Å². The first-order chi connectivity index (χ1) is 13.5. The second kappa shape index (κ2) is 10.4. The molecule has 0 bridgehead atoms. The van der Waals surface area contributed by atoms with Crippen molar-refractivity contribution in [3.05, 3.63) is 0 Å². The molecule has 0 spiro atoms. The van der Waals surface area contributed by atoms with Crippen molar-refractivity contribution in [2.24, 2.45) is 0 Å². The number of fused-ring (bicyclic) bond motifs is 1. The van der Waals surface area contributed by atoms with E-state index in [1.165, 1.54) is 6.92 Å². The highest BCUT2D eigenvalue weighted by Crippen LogP contribution is 2.28. The average Bonchev–Trinajstić information content (AvgIpc) is 3.08. The summed E-state index contributed by atoms with van der Waals surface area (Å²) >= 11 is 0. The van der Waals surface area contributed by atoms with Crippen LogP contribution in [-0.2, 0) is 14.3 Å². The zero-order valence-electron chi connectivity index (χ0n) is 16.8. The molecule has 6 unspecified atom stereocenters. The molecule has 3 rings (SSSR count). The molecule has 28 heavy (non-hydrogen) atoms. The van der Waals surface area contributed by atoms with Gasteiger partial charge in [-0.3, -0.25) is 15.4 Å². The molecule has 1 saturated carbocycles. The number of nitrogens with one attached hydrogen (secondary N) is 6. The largest absolute Gasteiger partial charge is 0.356 e. The van der Waals surface area contributed by atoms with Crippen molar-refractivity contribution < 1.29 is 19.1 Å². The molecule has 3 amide bonds. The molecule has 0 aromatic carbocycles. The van der Waals surface area contributed by atoms with Crippen molar-refractivity contribution in [2.45, 2.75) is 82.7 Å². The van der Waals surface area contributed by atoms with Crippen LogP contribution in [0.25, 0.3) is 0 Å². The maximum absolute atomic E-state index is 12.4. The van der Waals surface area contributed by atoms with Gasteiger partial charge in [0.05, 0.1) is 18.4 Å². The number of carbonyl (C=O) groups is 2. The minimum atomic E-state index is -0.306. The van der Waals surface area contributed by atoms with Gasteiger partial charge in [0.2, 0.25) is 5.91 Å². The van der Waals surface area contributed by atoms with Crippen molar-refractivity contribution >= 4 is 11.9 Å². The second-order valence-electron chi connectivity index (χ2n) is 7.90. The summed E-state index contributed by atoms with van der Waals surface area (Å²) in [5.41, 5.74) is 0. The summed E-state index contributed by atoms with van der Waals surface area (Å²) in [6.45, 7) is 5.42. The van der Waals surface area contributed by atoms with Gasteiger partial charge in [-0.15, -0.1) is 0 Å². The molecule has 10 heteroatoms. The molecule has 3 fully saturated rings. The highest BCUT2D eigenvalue weighted by molar-refractivity contribution is 5.74. The summed E-state index contributed by atoms with van der Waals surface area (Å²) in [4.78, 5) is 23.3. The fourth-order valence-corrected chi connectivity index (χ4v) is 4.05. The molecular formula is C18H34N6O4. The lowest BCUT2D eigenvalue weighted by Gasteiger charge is -2.37. The minimum Gasteiger partial charge on any atom is -0.356 e. The fourth-order valence-electron chi connectivity index (χ4n) is 4.05. The quantitative estimate of drug-likeness (QED) is 0.313. The van der Waals surface area contributed by atoms with E-state index in [9.17, 15) is 9.59 Å². The SMILES string of the molecule is CC(=O)NCCCNC1CC(C)NC(NC(=O)NC2CCC3OCOC3C2)N1. The summed E-state index contributed by atoms with van der Waals surface area (Å²) in [7, 11) is 0. The van der Waals surface area contributed by atoms with Crippen LogP contribution in [0.4, 0.5) is 4.79 Å². The van der Waals surface area contributed by atoms with E-state index in [1.54, 1.807) is 0 Å². The van der Waals surface area contributed by atoms with Crippen molar-refractivity contribution in [3.63, 3.8) is 0 Å². The first kappa shape index (κ1) is 21.3. The van der Waals surface area contributed by atoms with Crippen LogP contribution in [0.2, 0.25) is 0 Å². The summed E-state index contributed by atoms with van der Waals surface area (Å²) < 4.78 is 11.1. The van der Waals surface area contributed by atoms with Crippen LogP contribution >= 0.6 is 0 Å². The molecule has 6 N–H and O–H groups in total. The predicted molar refractivity (Wildman–Crippen MR) is 103 cm³/mol. The number of amides is 3. The van der Waals surface area contributed by atoms with Gasteiger partial charge in [0.15, 0.2) is 0 Å². The van der Waals surface area contributed by atoms with Crippen molar-refractivity contribution in [2.75, 3.05) is 19.9 Å². The molecule has 1 aliphatic carbocycles. The van der Waals surface area contributed by atoms with E-state index in [4.69, 9.17) is 9.47 Å². The van der Waals surface area contributed by atoms with Gasteiger partial charge in [-0.2, -0.15) is 0 Å². The highest BCUT2D eigenvalue weighted by Gasteiger charge is 2.36. The number of ether oxygens (including phenoxy) is 2. The topological polar surface area (TPSA) is 125 Å². The molecule has 3 aliphatic rings. The van der Waals surface area contributed by atoms with E-state index < -0.39 is 0 Å². The Hall–Kier alpha value is -1.46. The second-order valence-corrected chi connectivity index (χ2v) is 7.90. The van der Waals surface area contributed by atoms with Crippen molar-refractivity contribution in [3.8, 4) is 0 Å². The Morgan fingerprint density at radius 1 is 1.04 bits per heavy atom. The fraction of sp³-hybridized carbons (Fsp3) is 0.889. The van der Waals surface area contributed by atoms with Crippen LogP contribution in [0, 0.1) is 0 Å². The molecule has 160 valence electrons. The highest BCUT2D eigenvalue weighted by atomic mass is 16.7. The Kier molecular flexibility index (Phi) is 7.86. The first-order valence-electron chi connectivity index (χ1n) is 10.3. The Balaban J connectivity index is 1.35. The summed E-state index contributed by atoms with van der Waals surface area (Å²) in [5, 5.41) is 18.9. The lowest BCUT2D eigenvalue weighted by atomic mass is 9.91. The molecular weight excluding hydrogens is 364 g/mol. The maximum atomic E-state index is 12.4. The zero-order chi connectivity index (χ0) is 19.9. The molecule has 2 aliphatic heterocycles. The smallest absolute Gasteiger partial charge is 0.317 e. The third kappa shape index (κ3) is 6.56. The average molecular weight is 399 g/mol. The number of hydrogen-bond acceptors (Lipinski definition) is 7. The van der Waals surface area contributed by atoms with Crippen LogP contribution in [0.3, 0.4) is 0 Å². The van der Waals surface area contributed by atoms with Gasteiger partial charge in [0.25, 0.3) is 0 Å². The van der Waals surface area contributed by atoms with Gasteiger partial charge in [0.1, 0.15) is 13.1 Å². The van der Waals surface area contributed by atoms with Crippen LogP contribution in [0.15, 0.2) is 0 Å². The molecule has 0 aromatic heterocycles. The zero-order valence-corrected chi connectivity index (χ0v) is 16.8. The van der Waals surface area contributed by atoms with E-state index in [2.05, 4.69) is 38.8 Å². The number of carbonyl (C=O) groups excluding carboxylic acids is 2. The van der Waals surface area contributed by atoms with Gasteiger partial charge in [-0.05, 0) is 45.6 Å². The van der Waals surface area contributed by atoms with Crippen LogP contribution < -0.4 is 31.9 Å². The Morgan fingerprint density at radius 2 is 1.86 bits per heavy atom. The normalized spacial score (nSPS) is 35.1. The van der Waals surface area contributed by atoms with Gasteiger partial charge in [-0.25, -0.2) is 4.79 Å². The number of hydrogen-bond donors (Lipinski definition) is 6. The molecule has 10 nitrogen and oxygen atoms in total. The lowest BCUT2D eigenvalue weighted by molar-refractivity contribution is -0.118. The van der Waals surface area contributed by atoms with Crippen molar-refractivity contribution in [1.29, 1.82) is 0 Å². The summed E-state index contributed by atoms with van der Waals surface area (Å²) in [5.74, 6) is -0.00982. The molecule has 6 atom stereocenters. The van der Waals surface area contributed by atoms with Gasteiger partial charge >= 0.3 is 6.03 Å². The van der Waals surface area contributed by atoms with E-state index in [1.807, 2.05) is 0 Å². The number of urea groups is 1. The van der Waals surface area contributed by atoms with E-state index in [-0.39, 0.29) is 48.7 Å². The molecule has 0 aromatic rings. The van der Waals surface area contributed by atoms with Crippen LogP contribution in [0.1, 0.15) is 46.0 Å². The van der Waals surface area contributed by atoms with E-state index >= 15 is 0 Å². The Labute approximate surface area is 166 Å². The molecule has 2 heterocycles. The third-order valence-corrected chi connectivity index (χ3v) is 5.43. The third-order valence-electron chi connectivity index (χ3n) is 5.43. The standard InChI is InChI=1S/C18H34N6O4/c1-11-8-16(20-7-3-6-19-12(2)25)23-17(21-11)24-18(26)22-13-4-5-14-15(9-13)28-10-27-14/h11,13-17,20-21,23H,3-10H2,1-2H3,(H,19,25)(H2,22,24,26). The maximum Gasteiger partial charge on any atom is 0.317 e. The van der Waals surface area contributed by atoms with E-state index in [0.29, 0.717) is 13.3 Å². The lowest BCUT2D eigenvalue weighted by Crippen LogP contribution is -2.68. The summed E-state index contributed by atoms with van der Waals surface area (Å²) in [6.07, 6.45) is 4.43. The first-order valence-corrected chi connectivity index (χ1v) is 10.3. The predicted octanol–water partition coefficient (Wildman–Crippen LogP) is -0.723. The summed E-state index contributed by atoms with van der Waals surface area (Å²) in [6, 6.07) is 0.177. The monoisotopic (exact) mass is 398 g/mol. The number of rotatable bonds is 7. The van der Waals surface area contributed by atoms with Gasteiger partial charge in [0, 0.05) is 25.6 Å². The Morgan fingerprint density at radius 3 is 2.68 bits per heavy atom. The van der Waals surface area contributed by atoms with Crippen LogP contribution in [-0.4, -0.2) is 68.6 Å². The van der Waals surface area contributed by atoms with Gasteiger partial charge < -0.3 is 30.7 Å². The minimum absolute atomic E-state index is 0.00982. The van der Waals surface area contributed by atoms with Gasteiger partial charge in [-0.1, -0.05) is 0 Å². The molecule has 2 saturated heterocycles. The van der Waals surface area contributed by atoms with Crippen LogP contribution in [0.5, 0.6) is 0 Å². The van der Waals surface area contributed by atoms with Crippen molar-refractivity contribution in [1.82, 2.24) is 31.9 Å².